The fourth-order valence-electron chi connectivity index (χ4n) is 2.11. The van der Waals surface area contributed by atoms with Gasteiger partial charge in [0.1, 0.15) is 11.3 Å². The molecule has 2 nitrogen and oxygen atoms in total. The van der Waals surface area contributed by atoms with Crippen LogP contribution in [0, 0.1) is 0 Å². The molecule has 21 heavy (non-hydrogen) atoms. The van der Waals surface area contributed by atoms with E-state index in [1.807, 2.05) is 60.7 Å². The Hall–Kier alpha value is -2.26. The molecule has 0 unspecified atom stereocenters. The Balaban J connectivity index is 2.00. The molecule has 3 aromatic rings. The maximum absolute atomic E-state index is 6.13. The number of hydrogen-bond acceptors (Lipinski definition) is 2. The molecular weight excluding hydrogens is 280 g/mol. The predicted octanol–water partition coefficient (Wildman–Crippen LogP) is 4.52. The number of benzene rings is 2. The van der Waals surface area contributed by atoms with E-state index in [1.54, 1.807) is 6.07 Å². The summed E-state index contributed by atoms with van der Waals surface area (Å²) in [6.45, 7) is 0. The number of nitrogens with zero attached hydrogens (tertiary/aromatic N) is 1. The average molecular weight is 292 g/mol. The summed E-state index contributed by atoms with van der Waals surface area (Å²) in [5.41, 5.74) is 2.50. The number of hydrogen-bond donors (Lipinski definition) is 0. The van der Waals surface area contributed by atoms with Crippen molar-refractivity contribution < 1.29 is 4.65 Å². The Bertz CT molecular complexity index is 817. The van der Waals surface area contributed by atoms with Crippen LogP contribution in [0.4, 0.5) is 0 Å². The smallest absolute Gasteiger partial charge is 0.374 e. The quantitative estimate of drug-likeness (QED) is 0.662. The SMILES string of the molecule is [B]Oc1cccc2ccc(/C=C/c3ccccc3Cl)nc12. The van der Waals surface area contributed by atoms with E-state index in [1.165, 1.54) is 0 Å². The van der Waals surface area contributed by atoms with E-state index in [0.29, 0.717) is 10.8 Å². The van der Waals surface area contributed by atoms with Crippen molar-refractivity contribution in [3.8, 4) is 5.75 Å². The summed E-state index contributed by atoms with van der Waals surface area (Å²) < 4.78 is 4.86. The number of pyridine rings is 1. The molecule has 1 heterocycles. The van der Waals surface area contributed by atoms with Gasteiger partial charge in [-0.25, -0.2) is 4.98 Å². The summed E-state index contributed by atoms with van der Waals surface area (Å²) in [5, 5.41) is 1.69. The van der Waals surface area contributed by atoms with Crippen molar-refractivity contribution in [1.29, 1.82) is 0 Å². The monoisotopic (exact) mass is 291 g/mol. The molecule has 3 rings (SSSR count). The first-order chi connectivity index (χ1) is 10.3. The van der Waals surface area contributed by atoms with Crippen molar-refractivity contribution >= 4 is 42.7 Å². The largest absolute Gasteiger partial charge is 0.566 e. The van der Waals surface area contributed by atoms with Crippen LogP contribution in [0.25, 0.3) is 23.1 Å². The van der Waals surface area contributed by atoms with Gasteiger partial charge in [0.05, 0.1) is 5.69 Å². The van der Waals surface area contributed by atoms with Gasteiger partial charge in [-0.05, 0) is 29.8 Å². The first-order valence-electron chi connectivity index (χ1n) is 6.47. The van der Waals surface area contributed by atoms with Crippen LogP contribution < -0.4 is 4.65 Å². The van der Waals surface area contributed by atoms with Gasteiger partial charge in [0.15, 0.2) is 0 Å². The Labute approximate surface area is 129 Å². The number of aromatic nitrogens is 1. The third-order valence-electron chi connectivity index (χ3n) is 3.17. The summed E-state index contributed by atoms with van der Waals surface area (Å²) in [6, 6.07) is 17.2. The van der Waals surface area contributed by atoms with Crippen molar-refractivity contribution in [3.05, 3.63) is 70.9 Å². The van der Waals surface area contributed by atoms with Crippen molar-refractivity contribution in [2.45, 2.75) is 0 Å². The molecule has 0 N–H and O–H groups in total. The lowest BCUT2D eigenvalue weighted by Crippen LogP contribution is -1.90. The zero-order chi connectivity index (χ0) is 14.7. The van der Waals surface area contributed by atoms with E-state index in [0.717, 1.165) is 22.2 Å². The molecule has 0 amide bonds. The zero-order valence-electron chi connectivity index (χ0n) is 11.2. The normalized spacial score (nSPS) is 11.1. The minimum atomic E-state index is 0.556. The average Bonchev–Trinajstić information content (AvgIpc) is 2.53. The molecule has 0 saturated heterocycles. The Morgan fingerprint density at radius 1 is 0.952 bits per heavy atom. The molecule has 2 aromatic carbocycles. The number of para-hydroxylation sites is 1. The summed E-state index contributed by atoms with van der Waals surface area (Å²) in [6.07, 6.45) is 3.84. The van der Waals surface area contributed by atoms with Crippen LogP contribution in [0.5, 0.6) is 5.75 Å². The zero-order valence-corrected chi connectivity index (χ0v) is 11.9. The summed E-state index contributed by atoms with van der Waals surface area (Å²) >= 11 is 6.13. The molecule has 100 valence electrons. The lowest BCUT2D eigenvalue weighted by atomic mass is 10.1. The van der Waals surface area contributed by atoms with Crippen LogP contribution in [0.15, 0.2) is 54.6 Å². The highest BCUT2D eigenvalue weighted by molar-refractivity contribution is 6.32. The molecule has 0 spiro atoms. The maximum Gasteiger partial charge on any atom is 0.374 e. The Morgan fingerprint density at radius 2 is 1.81 bits per heavy atom. The van der Waals surface area contributed by atoms with Crippen LogP contribution in [-0.4, -0.2) is 13.0 Å². The van der Waals surface area contributed by atoms with E-state index < -0.39 is 0 Å². The van der Waals surface area contributed by atoms with E-state index in [4.69, 9.17) is 24.3 Å². The molecule has 1 aromatic heterocycles. The third-order valence-corrected chi connectivity index (χ3v) is 3.51. The molecular formula is C17H11BClNO. The van der Waals surface area contributed by atoms with Crippen LogP contribution in [0.3, 0.4) is 0 Å². The summed E-state index contributed by atoms with van der Waals surface area (Å²) in [5.74, 6) is 0.556. The fourth-order valence-corrected chi connectivity index (χ4v) is 2.31. The standard InChI is InChI=1S/C17H11BClNO/c18-21-16-7-3-5-13-9-11-14(20-17(13)16)10-8-12-4-1-2-6-15(12)19/h1-11H/b10-8+. The fraction of sp³-hybridized carbons (Fsp3) is 0. The number of halogens is 1. The van der Waals surface area contributed by atoms with Crippen molar-refractivity contribution in [3.63, 3.8) is 0 Å². The van der Waals surface area contributed by atoms with Gasteiger partial charge in [-0.3, -0.25) is 0 Å². The second kappa shape index (κ2) is 6.02. The van der Waals surface area contributed by atoms with E-state index in [2.05, 4.69) is 4.98 Å². The predicted molar refractivity (Wildman–Crippen MR) is 88.5 cm³/mol. The Morgan fingerprint density at radius 3 is 2.62 bits per heavy atom. The molecule has 0 aliphatic rings. The lowest BCUT2D eigenvalue weighted by Gasteiger charge is -2.05. The topological polar surface area (TPSA) is 22.1 Å². The van der Waals surface area contributed by atoms with Gasteiger partial charge >= 0.3 is 8.05 Å². The Kier molecular flexibility index (Phi) is 3.93. The maximum atomic E-state index is 6.13. The highest BCUT2D eigenvalue weighted by atomic mass is 35.5. The second-order valence-corrected chi connectivity index (χ2v) is 4.94. The number of rotatable bonds is 3. The third kappa shape index (κ3) is 2.93. The van der Waals surface area contributed by atoms with E-state index in [9.17, 15) is 0 Å². The van der Waals surface area contributed by atoms with Gasteiger partial charge in [0, 0.05) is 10.4 Å². The van der Waals surface area contributed by atoms with Gasteiger partial charge in [-0.1, -0.05) is 54.1 Å². The van der Waals surface area contributed by atoms with Gasteiger partial charge in [0.2, 0.25) is 0 Å². The van der Waals surface area contributed by atoms with Crippen molar-refractivity contribution in [2.75, 3.05) is 0 Å². The van der Waals surface area contributed by atoms with Crippen molar-refractivity contribution in [2.24, 2.45) is 0 Å². The van der Waals surface area contributed by atoms with Crippen LogP contribution >= 0.6 is 11.6 Å². The molecule has 4 heteroatoms. The molecule has 0 fully saturated rings. The first-order valence-corrected chi connectivity index (χ1v) is 6.85. The molecule has 0 aliphatic carbocycles. The summed E-state index contributed by atoms with van der Waals surface area (Å²) in [7, 11) is 5.28. The van der Waals surface area contributed by atoms with E-state index in [-0.39, 0.29) is 0 Å². The van der Waals surface area contributed by atoms with Gasteiger partial charge in [-0.15, -0.1) is 0 Å². The first kappa shape index (κ1) is 13.7. The molecule has 0 atom stereocenters. The van der Waals surface area contributed by atoms with Crippen LogP contribution in [0.1, 0.15) is 11.3 Å². The summed E-state index contributed by atoms with van der Waals surface area (Å²) in [4.78, 5) is 4.56. The number of fused-ring (bicyclic) bond motifs is 1. The molecule has 0 aliphatic heterocycles. The molecule has 0 saturated carbocycles. The highest BCUT2D eigenvalue weighted by Crippen LogP contribution is 2.24. The van der Waals surface area contributed by atoms with Crippen LogP contribution in [-0.2, 0) is 0 Å². The minimum absolute atomic E-state index is 0.556. The van der Waals surface area contributed by atoms with Crippen LogP contribution in [0.2, 0.25) is 5.02 Å². The van der Waals surface area contributed by atoms with Gasteiger partial charge in [0.25, 0.3) is 0 Å². The van der Waals surface area contributed by atoms with Gasteiger partial charge < -0.3 is 4.65 Å². The van der Waals surface area contributed by atoms with Gasteiger partial charge in [-0.2, -0.15) is 0 Å². The van der Waals surface area contributed by atoms with E-state index >= 15 is 0 Å². The molecule has 2 radical (unpaired) electrons. The highest BCUT2D eigenvalue weighted by Gasteiger charge is 2.02. The second-order valence-electron chi connectivity index (χ2n) is 4.54. The van der Waals surface area contributed by atoms with Crippen molar-refractivity contribution in [1.82, 2.24) is 4.98 Å². The lowest BCUT2D eigenvalue weighted by molar-refractivity contribution is 0.622. The minimum Gasteiger partial charge on any atom is -0.566 e. The molecule has 0 bridgehead atoms.